The van der Waals surface area contributed by atoms with Crippen LogP contribution in [0.2, 0.25) is 0 Å². The fourth-order valence-electron chi connectivity index (χ4n) is 1.26. The molecule has 0 radical (unpaired) electrons. The van der Waals surface area contributed by atoms with Crippen molar-refractivity contribution in [2.45, 2.75) is 26.8 Å². The van der Waals surface area contributed by atoms with Crippen molar-refractivity contribution in [1.29, 1.82) is 0 Å². The molecule has 18 heavy (non-hydrogen) atoms. The number of halogens is 2. The van der Waals surface area contributed by atoms with Crippen LogP contribution in [0.5, 0.6) is 0 Å². The number of nitrogens with zero attached hydrogens (tertiary/aromatic N) is 2. The Morgan fingerprint density at radius 2 is 2.11 bits per heavy atom. The van der Waals surface area contributed by atoms with Crippen molar-refractivity contribution >= 4 is 39.7 Å². The van der Waals surface area contributed by atoms with Crippen LogP contribution in [0.15, 0.2) is 20.4 Å². The first-order chi connectivity index (χ1) is 7.88. The van der Waals surface area contributed by atoms with Crippen LogP contribution in [0.1, 0.15) is 32.7 Å². The Balaban J connectivity index is 0.00000162. The normalized spacial score (nSPS) is 13.2. The van der Waals surface area contributed by atoms with Gasteiger partial charge in [0.2, 0.25) is 11.7 Å². The second-order valence-corrected chi connectivity index (χ2v) is 6.76. The lowest BCUT2D eigenvalue weighted by Crippen LogP contribution is -2.26. The first-order valence-corrected chi connectivity index (χ1v) is 6.89. The molecule has 100 valence electrons. The summed E-state index contributed by atoms with van der Waals surface area (Å²) in [7, 11) is 0. The predicted octanol–water partition coefficient (Wildman–Crippen LogP) is 4.03. The summed E-state index contributed by atoms with van der Waals surface area (Å²) in [5.41, 5.74) is 5.97. The maximum absolute atomic E-state index is 6.07. The molecule has 0 unspecified atom stereocenters. The molecule has 0 aliphatic rings. The van der Waals surface area contributed by atoms with E-state index in [0.29, 0.717) is 11.7 Å². The maximum atomic E-state index is 6.07. The molecule has 0 aromatic carbocycles. The molecule has 2 heterocycles. The van der Waals surface area contributed by atoms with Crippen LogP contribution in [-0.2, 0) is 0 Å². The molecule has 0 aliphatic heterocycles. The third kappa shape index (κ3) is 3.32. The van der Waals surface area contributed by atoms with Crippen molar-refractivity contribution < 1.29 is 4.52 Å². The Kier molecular flexibility index (Phi) is 4.94. The Morgan fingerprint density at radius 3 is 2.61 bits per heavy atom. The van der Waals surface area contributed by atoms with Gasteiger partial charge in [-0.1, -0.05) is 25.9 Å². The number of hydrogen-bond donors (Lipinski definition) is 1. The van der Waals surface area contributed by atoms with Gasteiger partial charge in [0.1, 0.15) is 0 Å². The molecular weight excluding hydrogens is 338 g/mol. The Morgan fingerprint density at radius 1 is 1.44 bits per heavy atom. The molecule has 7 heteroatoms. The zero-order valence-corrected chi connectivity index (χ0v) is 13.5. The topological polar surface area (TPSA) is 64.9 Å². The van der Waals surface area contributed by atoms with Gasteiger partial charge in [-0.3, -0.25) is 0 Å². The largest absolute Gasteiger partial charge is 0.337 e. The van der Waals surface area contributed by atoms with E-state index in [2.05, 4.69) is 26.1 Å². The van der Waals surface area contributed by atoms with Gasteiger partial charge < -0.3 is 10.3 Å². The molecule has 4 nitrogen and oxygen atoms in total. The quantitative estimate of drug-likeness (QED) is 0.886. The minimum Gasteiger partial charge on any atom is -0.337 e. The van der Waals surface area contributed by atoms with Gasteiger partial charge in [0, 0.05) is 9.85 Å². The molecule has 0 bridgehead atoms. The van der Waals surface area contributed by atoms with Crippen LogP contribution in [0.25, 0.3) is 10.7 Å². The van der Waals surface area contributed by atoms with Gasteiger partial charge in [-0.15, -0.1) is 23.7 Å². The molecule has 0 saturated heterocycles. The summed E-state index contributed by atoms with van der Waals surface area (Å²) in [6.07, 6.45) is 0. The molecule has 0 aliphatic carbocycles. The van der Waals surface area contributed by atoms with Gasteiger partial charge in [-0.25, -0.2) is 0 Å². The van der Waals surface area contributed by atoms with E-state index in [1.165, 1.54) is 0 Å². The van der Waals surface area contributed by atoms with Crippen molar-refractivity contribution in [2.24, 2.45) is 11.1 Å². The van der Waals surface area contributed by atoms with Gasteiger partial charge in [0.25, 0.3) is 0 Å². The lowest BCUT2D eigenvalue weighted by Gasteiger charge is -2.23. The lowest BCUT2D eigenvalue weighted by molar-refractivity contribution is 0.253. The van der Waals surface area contributed by atoms with E-state index in [1.54, 1.807) is 11.3 Å². The second kappa shape index (κ2) is 5.69. The molecule has 2 aromatic heterocycles. The minimum absolute atomic E-state index is 0. The highest BCUT2D eigenvalue weighted by atomic mass is 79.9. The van der Waals surface area contributed by atoms with Crippen molar-refractivity contribution in [2.75, 3.05) is 0 Å². The third-order valence-corrected chi connectivity index (χ3v) is 4.12. The number of rotatable bonds is 2. The maximum Gasteiger partial charge on any atom is 0.244 e. The summed E-state index contributed by atoms with van der Waals surface area (Å²) >= 11 is 4.96. The van der Waals surface area contributed by atoms with Crippen LogP contribution in [0, 0.1) is 5.41 Å². The highest BCUT2D eigenvalue weighted by Gasteiger charge is 2.27. The average molecular weight is 353 g/mol. The van der Waals surface area contributed by atoms with E-state index in [-0.39, 0.29) is 23.9 Å². The number of thiophene rings is 1. The summed E-state index contributed by atoms with van der Waals surface area (Å²) in [6.45, 7) is 6.13. The number of aromatic nitrogens is 2. The highest BCUT2D eigenvalue weighted by Crippen LogP contribution is 2.32. The van der Waals surface area contributed by atoms with Gasteiger partial charge in [-0.2, -0.15) is 4.98 Å². The van der Waals surface area contributed by atoms with Crippen LogP contribution < -0.4 is 5.73 Å². The van der Waals surface area contributed by atoms with Crippen molar-refractivity contribution in [3.05, 3.63) is 21.8 Å². The number of hydrogen-bond acceptors (Lipinski definition) is 5. The van der Waals surface area contributed by atoms with Crippen molar-refractivity contribution in [3.8, 4) is 10.7 Å². The van der Waals surface area contributed by atoms with Gasteiger partial charge in [-0.05, 0) is 27.4 Å². The standard InChI is InChI=1S/C11H14BrN3OS.ClH/c1-11(2,3)8(13)10-14-9(15-16-10)7-4-6(12)5-17-7;/h4-5,8H,13H2,1-3H3;1H/t8-;/m1./s1. The molecule has 0 fully saturated rings. The molecule has 2 rings (SSSR count). The van der Waals surface area contributed by atoms with E-state index in [1.807, 2.05) is 32.2 Å². The summed E-state index contributed by atoms with van der Waals surface area (Å²) < 4.78 is 6.24. The van der Waals surface area contributed by atoms with Crippen LogP contribution in [0.4, 0.5) is 0 Å². The molecule has 2 N–H and O–H groups in total. The van der Waals surface area contributed by atoms with Crippen LogP contribution in [-0.4, -0.2) is 10.1 Å². The Bertz CT molecular complexity index is 520. The lowest BCUT2D eigenvalue weighted by atomic mass is 9.87. The first kappa shape index (κ1) is 15.6. The van der Waals surface area contributed by atoms with Crippen molar-refractivity contribution in [3.63, 3.8) is 0 Å². The zero-order chi connectivity index (χ0) is 12.6. The molecule has 2 aromatic rings. The summed E-state index contributed by atoms with van der Waals surface area (Å²) in [5.74, 6) is 1.08. The van der Waals surface area contributed by atoms with Crippen molar-refractivity contribution in [1.82, 2.24) is 10.1 Å². The summed E-state index contributed by atoms with van der Waals surface area (Å²) in [4.78, 5) is 5.31. The fourth-order valence-corrected chi connectivity index (χ4v) is 2.61. The average Bonchev–Trinajstić information content (AvgIpc) is 2.83. The van der Waals surface area contributed by atoms with E-state index >= 15 is 0 Å². The Labute approximate surface area is 124 Å². The van der Waals surface area contributed by atoms with E-state index in [0.717, 1.165) is 9.35 Å². The predicted molar refractivity (Wildman–Crippen MR) is 78.9 cm³/mol. The monoisotopic (exact) mass is 351 g/mol. The smallest absolute Gasteiger partial charge is 0.244 e. The summed E-state index contributed by atoms with van der Waals surface area (Å²) in [6, 6.07) is 1.70. The van der Waals surface area contributed by atoms with E-state index in [9.17, 15) is 0 Å². The van der Waals surface area contributed by atoms with Gasteiger partial charge in [0.15, 0.2) is 0 Å². The SMILES string of the molecule is CC(C)(C)[C@H](N)c1nc(-c2cc(Br)cs2)no1.Cl. The van der Waals surface area contributed by atoms with Gasteiger partial charge >= 0.3 is 0 Å². The Hall–Kier alpha value is -0.430. The molecular formula is C11H15BrClN3OS. The second-order valence-electron chi connectivity index (χ2n) is 4.93. The molecule has 0 spiro atoms. The molecule has 1 atom stereocenters. The van der Waals surface area contributed by atoms with E-state index in [4.69, 9.17) is 10.3 Å². The van der Waals surface area contributed by atoms with Gasteiger partial charge in [0.05, 0.1) is 10.9 Å². The molecule has 0 amide bonds. The minimum atomic E-state index is -0.257. The van der Waals surface area contributed by atoms with E-state index < -0.39 is 0 Å². The molecule has 0 saturated carbocycles. The third-order valence-electron chi connectivity index (χ3n) is 2.43. The number of nitrogens with two attached hydrogens (primary N) is 1. The summed E-state index contributed by atoms with van der Waals surface area (Å²) in [5, 5.41) is 5.94. The first-order valence-electron chi connectivity index (χ1n) is 5.21. The fraction of sp³-hybridized carbons (Fsp3) is 0.455. The van der Waals surface area contributed by atoms with Crippen LogP contribution in [0.3, 0.4) is 0 Å². The highest BCUT2D eigenvalue weighted by molar-refractivity contribution is 9.10. The van der Waals surface area contributed by atoms with Crippen LogP contribution >= 0.6 is 39.7 Å². The zero-order valence-electron chi connectivity index (χ0n) is 10.3.